The zero-order valence-corrected chi connectivity index (χ0v) is 15.9. The summed E-state index contributed by atoms with van der Waals surface area (Å²) < 4.78 is 4.40. The lowest BCUT2D eigenvalue weighted by molar-refractivity contribution is -0.119. The molecule has 2 heterocycles. The highest BCUT2D eigenvalue weighted by atomic mass is 79.9. The third-order valence-electron chi connectivity index (χ3n) is 3.67. The van der Waals surface area contributed by atoms with Gasteiger partial charge in [-0.1, -0.05) is 30.7 Å². The van der Waals surface area contributed by atoms with E-state index in [0.717, 1.165) is 10.0 Å². The van der Waals surface area contributed by atoms with Crippen molar-refractivity contribution < 1.29 is 4.79 Å². The minimum Gasteiger partial charge on any atom is -0.323 e. The molecule has 0 saturated heterocycles. The number of halogens is 2. The fraction of sp³-hybridized carbons (Fsp3) is 0.235. The molecule has 25 heavy (non-hydrogen) atoms. The molecule has 0 radical (unpaired) electrons. The fourth-order valence-corrected chi connectivity index (χ4v) is 2.81. The number of carbonyl (C=O) groups excluding carboxylic acids is 1. The van der Waals surface area contributed by atoms with E-state index in [2.05, 4.69) is 31.4 Å². The van der Waals surface area contributed by atoms with E-state index in [-0.39, 0.29) is 11.8 Å². The summed E-state index contributed by atoms with van der Waals surface area (Å²) >= 11 is 9.23. The molecule has 0 aliphatic heterocycles. The highest BCUT2D eigenvalue weighted by Gasteiger charge is 2.15. The average Bonchev–Trinajstić information content (AvgIpc) is 3.18. The van der Waals surface area contributed by atoms with Gasteiger partial charge in [0, 0.05) is 17.4 Å². The van der Waals surface area contributed by atoms with Crippen molar-refractivity contribution in [2.75, 3.05) is 5.32 Å². The molecule has 1 atom stereocenters. The van der Waals surface area contributed by atoms with E-state index in [0.29, 0.717) is 23.8 Å². The Hall–Kier alpha value is -2.12. The first-order chi connectivity index (χ1) is 12.0. The van der Waals surface area contributed by atoms with Crippen molar-refractivity contribution in [3.8, 4) is 0 Å². The van der Waals surface area contributed by atoms with Gasteiger partial charge >= 0.3 is 0 Å². The molecule has 2 aromatic heterocycles. The van der Waals surface area contributed by atoms with E-state index in [9.17, 15) is 4.79 Å². The average molecular weight is 423 g/mol. The number of carbonyl (C=O) groups is 1. The third-order valence-corrected chi connectivity index (χ3v) is 4.33. The molecule has 8 heteroatoms. The van der Waals surface area contributed by atoms with Gasteiger partial charge in [0.15, 0.2) is 0 Å². The SMILES string of the molecule is CC(Cn1cc(Br)cn1)C(=O)Nc1cnn(Cc2ccc(Cl)cc2)c1. The second-order valence-corrected chi connectivity index (χ2v) is 7.18. The highest BCUT2D eigenvalue weighted by molar-refractivity contribution is 9.10. The Bertz CT molecular complexity index is 858. The Morgan fingerprint density at radius 1 is 1.20 bits per heavy atom. The van der Waals surface area contributed by atoms with Crippen LogP contribution in [0.2, 0.25) is 5.02 Å². The second kappa shape index (κ2) is 7.84. The largest absolute Gasteiger partial charge is 0.323 e. The molecule has 1 N–H and O–H groups in total. The van der Waals surface area contributed by atoms with E-state index in [4.69, 9.17) is 11.6 Å². The molecule has 0 bridgehead atoms. The number of benzene rings is 1. The Labute approximate surface area is 158 Å². The van der Waals surface area contributed by atoms with Crippen LogP contribution >= 0.6 is 27.5 Å². The monoisotopic (exact) mass is 421 g/mol. The van der Waals surface area contributed by atoms with Crippen LogP contribution in [0.25, 0.3) is 0 Å². The number of nitrogens with zero attached hydrogens (tertiary/aromatic N) is 4. The lowest BCUT2D eigenvalue weighted by Crippen LogP contribution is -2.24. The molecule has 0 aliphatic carbocycles. The van der Waals surface area contributed by atoms with Crippen LogP contribution in [0.15, 0.2) is 53.5 Å². The summed E-state index contributed by atoms with van der Waals surface area (Å²) in [4.78, 5) is 12.3. The molecular formula is C17H17BrClN5O. The summed E-state index contributed by atoms with van der Waals surface area (Å²) in [5, 5.41) is 12.0. The molecule has 0 spiro atoms. The minimum absolute atomic E-state index is 0.0716. The molecule has 3 aromatic rings. The summed E-state index contributed by atoms with van der Waals surface area (Å²) in [5.41, 5.74) is 1.76. The van der Waals surface area contributed by atoms with Crippen LogP contribution in [-0.2, 0) is 17.9 Å². The first-order valence-corrected chi connectivity index (χ1v) is 8.92. The second-order valence-electron chi connectivity index (χ2n) is 5.82. The van der Waals surface area contributed by atoms with Crippen LogP contribution in [-0.4, -0.2) is 25.5 Å². The van der Waals surface area contributed by atoms with E-state index in [1.165, 1.54) is 0 Å². The summed E-state index contributed by atoms with van der Waals surface area (Å²) in [6, 6.07) is 7.59. The molecule has 0 fully saturated rings. The molecule has 1 amide bonds. The topological polar surface area (TPSA) is 64.7 Å². The van der Waals surface area contributed by atoms with Gasteiger partial charge in [-0.05, 0) is 33.6 Å². The minimum atomic E-state index is -0.216. The van der Waals surface area contributed by atoms with Crippen molar-refractivity contribution in [3.05, 3.63) is 64.1 Å². The van der Waals surface area contributed by atoms with E-state index >= 15 is 0 Å². The fourth-order valence-electron chi connectivity index (χ4n) is 2.36. The Kier molecular flexibility index (Phi) is 5.55. The maximum Gasteiger partial charge on any atom is 0.229 e. The van der Waals surface area contributed by atoms with Crippen LogP contribution in [0.5, 0.6) is 0 Å². The van der Waals surface area contributed by atoms with Crippen LogP contribution in [0.3, 0.4) is 0 Å². The first-order valence-electron chi connectivity index (χ1n) is 7.75. The predicted molar refractivity (Wildman–Crippen MR) is 101 cm³/mol. The van der Waals surface area contributed by atoms with Crippen LogP contribution < -0.4 is 5.32 Å². The number of nitrogens with one attached hydrogen (secondary N) is 1. The maximum atomic E-state index is 12.3. The number of hydrogen-bond acceptors (Lipinski definition) is 3. The van der Waals surface area contributed by atoms with E-state index in [1.54, 1.807) is 21.8 Å². The summed E-state index contributed by atoms with van der Waals surface area (Å²) in [6.07, 6.45) is 6.99. The van der Waals surface area contributed by atoms with Crippen LogP contribution in [0.1, 0.15) is 12.5 Å². The van der Waals surface area contributed by atoms with E-state index in [1.807, 2.05) is 43.6 Å². The number of hydrogen-bond donors (Lipinski definition) is 1. The molecule has 0 saturated carbocycles. The van der Waals surface area contributed by atoms with Crippen molar-refractivity contribution in [3.63, 3.8) is 0 Å². The predicted octanol–water partition coefficient (Wildman–Crippen LogP) is 3.82. The molecular weight excluding hydrogens is 406 g/mol. The van der Waals surface area contributed by atoms with Gasteiger partial charge in [-0.2, -0.15) is 10.2 Å². The van der Waals surface area contributed by atoms with E-state index < -0.39 is 0 Å². The van der Waals surface area contributed by atoms with Gasteiger partial charge in [0.2, 0.25) is 5.91 Å². The lowest BCUT2D eigenvalue weighted by Gasteiger charge is -2.11. The van der Waals surface area contributed by atoms with Gasteiger partial charge < -0.3 is 5.32 Å². The number of amides is 1. The number of aromatic nitrogens is 4. The molecule has 1 unspecified atom stereocenters. The van der Waals surface area contributed by atoms with Gasteiger partial charge in [0.1, 0.15) is 0 Å². The molecule has 6 nitrogen and oxygen atoms in total. The lowest BCUT2D eigenvalue weighted by atomic mass is 10.1. The van der Waals surface area contributed by atoms with Crippen LogP contribution in [0.4, 0.5) is 5.69 Å². The molecule has 3 rings (SSSR count). The van der Waals surface area contributed by atoms with Gasteiger partial charge in [-0.15, -0.1) is 0 Å². The zero-order chi connectivity index (χ0) is 17.8. The smallest absolute Gasteiger partial charge is 0.229 e. The van der Waals surface area contributed by atoms with Gasteiger partial charge in [-0.25, -0.2) is 0 Å². The Morgan fingerprint density at radius 3 is 2.60 bits per heavy atom. The van der Waals surface area contributed by atoms with Crippen molar-refractivity contribution in [2.24, 2.45) is 5.92 Å². The maximum absolute atomic E-state index is 12.3. The third kappa shape index (κ3) is 4.93. The highest BCUT2D eigenvalue weighted by Crippen LogP contribution is 2.14. The van der Waals surface area contributed by atoms with Crippen molar-refractivity contribution in [2.45, 2.75) is 20.0 Å². The first kappa shape index (κ1) is 17.7. The van der Waals surface area contributed by atoms with Crippen molar-refractivity contribution >= 4 is 39.1 Å². The van der Waals surface area contributed by atoms with Gasteiger partial charge in [0.25, 0.3) is 0 Å². The van der Waals surface area contributed by atoms with Crippen molar-refractivity contribution in [1.29, 1.82) is 0 Å². The normalized spacial score (nSPS) is 12.1. The number of anilines is 1. The standard InChI is InChI=1S/C17H17BrClN5O/c1-12(8-23-10-14(18)6-20-23)17(25)22-16-7-21-24(11-16)9-13-2-4-15(19)5-3-13/h2-7,10-12H,8-9H2,1H3,(H,22,25). The Morgan fingerprint density at radius 2 is 1.92 bits per heavy atom. The number of rotatable bonds is 6. The van der Waals surface area contributed by atoms with Crippen molar-refractivity contribution in [1.82, 2.24) is 19.6 Å². The van der Waals surface area contributed by atoms with Gasteiger partial charge in [-0.3, -0.25) is 14.2 Å². The zero-order valence-electron chi connectivity index (χ0n) is 13.6. The van der Waals surface area contributed by atoms with Gasteiger partial charge in [0.05, 0.1) is 41.6 Å². The summed E-state index contributed by atoms with van der Waals surface area (Å²) in [5.74, 6) is -0.288. The van der Waals surface area contributed by atoms with Crippen LogP contribution in [0, 0.1) is 5.92 Å². The molecule has 1 aromatic carbocycles. The Balaban J connectivity index is 1.56. The molecule has 0 aliphatic rings. The quantitative estimate of drug-likeness (QED) is 0.657. The summed E-state index contributed by atoms with van der Waals surface area (Å²) in [7, 11) is 0. The molecule has 130 valence electrons. The summed E-state index contributed by atoms with van der Waals surface area (Å²) in [6.45, 7) is 2.99.